The number of methoxy groups -OCH3 is 1. The number of carbonyl (C=O) groups is 3. The maximum Gasteiger partial charge on any atom is 0.338 e. The van der Waals surface area contributed by atoms with E-state index in [1.807, 2.05) is 12.1 Å². The summed E-state index contributed by atoms with van der Waals surface area (Å²) < 4.78 is 4.42. The van der Waals surface area contributed by atoms with Crippen molar-refractivity contribution in [3.05, 3.63) is 70.3 Å². The first kappa shape index (κ1) is 22.9. The standard InChI is InChI=1S/C13H18O2.C9H8O4/c1-3-6-10-8-5-9-12(13(14)15)11(10)7-4-2;1-13-9(12)7-5-3-2-4-6(7)8(10)11/h5,8-9H,3-4,6-7H2,1-2H3,(H,14,15);2-5H,1H3,(H,10,11). The molecule has 28 heavy (non-hydrogen) atoms. The van der Waals surface area contributed by atoms with E-state index in [4.69, 9.17) is 10.2 Å². The van der Waals surface area contributed by atoms with Crippen molar-refractivity contribution in [1.29, 1.82) is 0 Å². The molecule has 150 valence electrons. The molecule has 0 atom stereocenters. The molecule has 2 N–H and O–H groups in total. The maximum atomic E-state index is 11.1. The van der Waals surface area contributed by atoms with Crippen molar-refractivity contribution < 1.29 is 29.3 Å². The van der Waals surface area contributed by atoms with Crippen molar-refractivity contribution in [1.82, 2.24) is 0 Å². The minimum Gasteiger partial charge on any atom is -0.478 e. The molecule has 0 bridgehead atoms. The lowest BCUT2D eigenvalue weighted by Crippen LogP contribution is -2.09. The van der Waals surface area contributed by atoms with Gasteiger partial charge in [-0.1, -0.05) is 51.0 Å². The fourth-order valence-electron chi connectivity index (χ4n) is 2.84. The van der Waals surface area contributed by atoms with Crippen molar-refractivity contribution in [2.45, 2.75) is 39.5 Å². The second kappa shape index (κ2) is 11.5. The largest absolute Gasteiger partial charge is 0.478 e. The van der Waals surface area contributed by atoms with E-state index in [2.05, 4.69) is 18.6 Å². The molecule has 2 aromatic rings. The second-order valence-electron chi connectivity index (χ2n) is 6.09. The van der Waals surface area contributed by atoms with Crippen LogP contribution in [-0.2, 0) is 17.6 Å². The Morgan fingerprint density at radius 1 is 0.786 bits per heavy atom. The van der Waals surface area contributed by atoms with Crippen LogP contribution in [0.25, 0.3) is 0 Å². The first-order valence-corrected chi connectivity index (χ1v) is 9.11. The fourth-order valence-corrected chi connectivity index (χ4v) is 2.84. The summed E-state index contributed by atoms with van der Waals surface area (Å²) in [6, 6.07) is 11.5. The molecule has 0 saturated carbocycles. The van der Waals surface area contributed by atoms with E-state index in [-0.39, 0.29) is 11.1 Å². The van der Waals surface area contributed by atoms with Crippen molar-refractivity contribution in [2.75, 3.05) is 7.11 Å². The number of aryl methyl sites for hydroxylation is 1. The van der Waals surface area contributed by atoms with Gasteiger partial charge in [0.15, 0.2) is 0 Å². The first-order chi connectivity index (χ1) is 13.4. The van der Waals surface area contributed by atoms with Gasteiger partial charge in [-0.15, -0.1) is 0 Å². The number of hydrogen-bond acceptors (Lipinski definition) is 4. The number of esters is 1. The highest BCUT2D eigenvalue weighted by Crippen LogP contribution is 2.18. The highest BCUT2D eigenvalue weighted by atomic mass is 16.5. The number of carboxylic acid groups (broad SMARTS) is 2. The molecular weight excluding hydrogens is 360 g/mol. The summed E-state index contributed by atoms with van der Waals surface area (Å²) >= 11 is 0. The molecule has 0 aliphatic rings. The van der Waals surface area contributed by atoms with Crippen LogP contribution in [-0.4, -0.2) is 35.2 Å². The Balaban J connectivity index is 0.000000283. The maximum absolute atomic E-state index is 11.1. The molecule has 0 radical (unpaired) electrons. The smallest absolute Gasteiger partial charge is 0.338 e. The fraction of sp³-hybridized carbons (Fsp3) is 0.318. The zero-order valence-electron chi connectivity index (χ0n) is 16.4. The SMILES string of the molecule is CCCc1cccc(C(=O)O)c1CCC.COC(=O)c1ccccc1C(=O)O. The number of hydrogen-bond donors (Lipinski definition) is 2. The quantitative estimate of drug-likeness (QED) is 0.681. The Morgan fingerprint density at radius 2 is 1.32 bits per heavy atom. The zero-order valence-corrected chi connectivity index (χ0v) is 16.4. The van der Waals surface area contributed by atoms with Crippen LogP contribution in [0.5, 0.6) is 0 Å². The molecule has 0 amide bonds. The van der Waals surface area contributed by atoms with Gasteiger partial charge in [0, 0.05) is 0 Å². The van der Waals surface area contributed by atoms with E-state index in [0.717, 1.165) is 31.2 Å². The van der Waals surface area contributed by atoms with Gasteiger partial charge in [-0.05, 0) is 42.2 Å². The van der Waals surface area contributed by atoms with Gasteiger partial charge in [-0.25, -0.2) is 14.4 Å². The Labute approximate surface area is 164 Å². The van der Waals surface area contributed by atoms with Gasteiger partial charge in [0.1, 0.15) is 0 Å². The van der Waals surface area contributed by atoms with Gasteiger partial charge in [-0.2, -0.15) is 0 Å². The highest BCUT2D eigenvalue weighted by molar-refractivity contribution is 6.02. The number of carbonyl (C=O) groups excluding carboxylic acids is 1. The molecule has 0 aromatic heterocycles. The minimum absolute atomic E-state index is 0.0469. The Morgan fingerprint density at radius 3 is 1.82 bits per heavy atom. The van der Waals surface area contributed by atoms with E-state index in [1.165, 1.54) is 24.8 Å². The molecule has 0 aliphatic carbocycles. The molecule has 0 saturated heterocycles. The monoisotopic (exact) mass is 386 g/mol. The van der Waals surface area contributed by atoms with Crippen molar-refractivity contribution >= 4 is 17.9 Å². The lowest BCUT2D eigenvalue weighted by Gasteiger charge is -2.10. The summed E-state index contributed by atoms with van der Waals surface area (Å²) in [4.78, 5) is 32.7. The molecule has 6 nitrogen and oxygen atoms in total. The Bertz CT molecular complexity index is 826. The number of ether oxygens (including phenoxy) is 1. The molecule has 2 rings (SSSR count). The summed E-state index contributed by atoms with van der Waals surface area (Å²) in [6.45, 7) is 4.19. The number of aromatic carboxylic acids is 2. The third kappa shape index (κ3) is 6.23. The summed E-state index contributed by atoms with van der Waals surface area (Å²) in [5.41, 5.74) is 2.71. The third-order valence-electron chi connectivity index (χ3n) is 4.09. The third-order valence-corrected chi connectivity index (χ3v) is 4.09. The van der Waals surface area contributed by atoms with Gasteiger partial charge >= 0.3 is 17.9 Å². The van der Waals surface area contributed by atoms with Gasteiger partial charge in [0.05, 0.1) is 23.8 Å². The van der Waals surface area contributed by atoms with Crippen LogP contribution in [0.15, 0.2) is 42.5 Å². The number of carboxylic acids is 2. The number of benzene rings is 2. The highest BCUT2D eigenvalue weighted by Gasteiger charge is 2.15. The van der Waals surface area contributed by atoms with Gasteiger partial charge < -0.3 is 14.9 Å². The molecule has 0 heterocycles. The minimum atomic E-state index is -1.14. The Hall–Kier alpha value is -3.15. The van der Waals surface area contributed by atoms with Crippen LogP contribution in [0, 0.1) is 0 Å². The van der Waals surface area contributed by atoms with E-state index < -0.39 is 17.9 Å². The summed E-state index contributed by atoms with van der Waals surface area (Å²) in [6.07, 6.45) is 3.87. The zero-order chi connectivity index (χ0) is 21.1. The van der Waals surface area contributed by atoms with Crippen LogP contribution >= 0.6 is 0 Å². The first-order valence-electron chi connectivity index (χ1n) is 9.11. The van der Waals surface area contributed by atoms with E-state index in [0.29, 0.717) is 5.56 Å². The van der Waals surface area contributed by atoms with Crippen LogP contribution in [0.3, 0.4) is 0 Å². The predicted molar refractivity (Wildman–Crippen MR) is 106 cm³/mol. The van der Waals surface area contributed by atoms with E-state index in [1.54, 1.807) is 18.2 Å². The molecule has 0 spiro atoms. The van der Waals surface area contributed by atoms with Crippen LogP contribution in [0.2, 0.25) is 0 Å². The lowest BCUT2D eigenvalue weighted by molar-refractivity contribution is 0.0582. The van der Waals surface area contributed by atoms with Crippen molar-refractivity contribution in [3.8, 4) is 0 Å². The predicted octanol–water partition coefficient (Wildman–Crippen LogP) is 4.46. The van der Waals surface area contributed by atoms with Crippen LogP contribution < -0.4 is 0 Å². The molecule has 0 unspecified atom stereocenters. The second-order valence-corrected chi connectivity index (χ2v) is 6.09. The van der Waals surface area contributed by atoms with Crippen LogP contribution in [0.4, 0.5) is 0 Å². The summed E-state index contributed by atoms with van der Waals surface area (Å²) in [5, 5.41) is 17.8. The van der Waals surface area contributed by atoms with Crippen LogP contribution in [0.1, 0.15) is 68.9 Å². The van der Waals surface area contributed by atoms with Gasteiger partial charge in [-0.3, -0.25) is 0 Å². The van der Waals surface area contributed by atoms with Gasteiger partial charge in [0.25, 0.3) is 0 Å². The normalized spacial score (nSPS) is 9.82. The van der Waals surface area contributed by atoms with E-state index in [9.17, 15) is 14.4 Å². The van der Waals surface area contributed by atoms with Crippen molar-refractivity contribution in [2.24, 2.45) is 0 Å². The molecule has 0 fully saturated rings. The molecule has 2 aromatic carbocycles. The summed E-state index contributed by atoms with van der Waals surface area (Å²) in [7, 11) is 1.21. The summed E-state index contributed by atoms with van der Waals surface area (Å²) in [5.74, 6) is -2.59. The lowest BCUT2D eigenvalue weighted by atomic mass is 9.94. The molecule has 0 aliphatic heterocycles. The molecule has 6 heteroatoms. The van der Waals surface area contributed by atoms with Crippen molar-refractivity contribution in [3.63, 3.8) is 0 Å². The van der Waals surface area contributed by atoms with Gasteiger partial charge in [0.2, 0.25) is 0 Å². The number of rotatable bonds is 7. The average Bonchev–Trinajstić information content (AvgIpc) is 2.69. The molecular formula is C22H26O6. The average molecular weight is 386 g/mol. The Kier molecular flexibility index (Phi) is 9.43. The topological polar surface area (TPSA) is 101 Å². The van der Waals surface area contributed by atoms with E-state index >= 15 is 0 Å².